The van der Waals surface area contributed by atoms with Crippen LogP contribution in [0.15, 0.2) is 41.8 Å². The molecule has 0 saturated heterocycles. The van der Waals surface area contributed by atoms with Crippen LogP contribution in [0.25, 0.3) is 10.2 Å². The topological polar surface area (TPSA) is 72.8 Å². The number of benzene rings is 1. The predicted octanol–water partition coefficient (Wildman–Crippen LogP) is 2.89. The van der Waals surface area contributed by atoms with Crippen LogP contribution in [0.4, 0.5) is 5.69 Å². The first-order chi connectivity index (χ1) is 14.0. The molecule has 3 aromatic rings. The van der Waals surface area contributed by atoms with Crippen LogP contribution in [0, 0.1) is 0 Å². The number of aromatic nitrogens is 1. The molecule has 3 heterocycles. The molecule has 0 radical (unpaired) electrons. The molecule has 0 spiro atoms. The van der Waals surface area contributed by atoms with Crippen LogP contribution in [-0.2, 0) is 16.1 Å². The Morgan fingerprint density at radius 3 is 2.69 bits per heavy atom. The second-order valence-electron chi connectivity index (χ2n) is 7.16. The lowest BCUT2D eigenvalue weighted by molar-refractivity contribution is -0.126. The minimum atomic E-state index is -1.09. The zero-order valence-corrected chi connectivity index (χ0v) is 17.4. The van der Waals surface area contributed by atoms with Crippen LogP contribution in [-0.4, -0.2) is 49.3 Å². The molecule has 29 heavy (non-hydrogen) atoms. The number of methoxy groups -OCH3 is 2. The van der Waals surface area contributed by atoms with E-state index in [4.69, 9.17) is 9.47 Å². The van der Waals surface area contributed by atoms with Crippen molar-refractivity contribution in [3.8, 4) is 5.75 Å². The summed E-state index contributed by atoms with van der Waals surface area (Å²) >= 11 is 1.57. The zero-order valence-electron chi connectivity index (χ0n) is 16.6. The van der Waals surface area contributed by atoms with Crippen LogP contribution in [0.5, 0.6) is 5.75 Å². The summed E-state index contributed by atoms with van der Waals surface area (Å²) in [6.07, 6.45) is 0. The van der Waals surface area contributed by atoms with E-state index in [0.29, 0.717) is 36.8 Å². The van der Waals surface area contributed by atoms with E-state index in [0.717, 1.165) is 10.2 Å². The van der Waals surface area contributed by atoms with Crippen LogP contribution in [0.3, 0.4) is 0 Å². The third-order valence-corrected chi connectivity index (χ3v) is 6.25. The van der Waals surface area contributed by atoms with Gasteiger partial charge in [-0.1, -0.05) is 0 Å². The summed E-state index contributed by atoms with van der Waals surface area (Å²) in [5, 5.41) is 5.91. The number of amides is 2. The second kappa shape index (κ2) is 7.53. The van der Waals surface area contributed by atoms with Crippen molar-refractivity contribution in [2.45, 2.75) is 19.0 Å². The molecule has 2 amide bonds. The average Bonchev–Trinajstić information content (AvgIpc) is 3.31. The Morgan fingerprint density at radius 1 is 1.24 bits per heavy atom. The molecule has 0 saturated carbocycles. The molecule has 0 aliphatic carbocycles. The number of hydrogen-bond donors (Lipinski definition) is 1. The van der Waals surface area contributed by atoms with E-state index in [1.54, 1.807) is 61.6 Å². The van der Waals surface area contributed by atoms with Gasteiger partial charge in [0.1, 0.15) is 21.8 Å². The number of hydrogen-bond acceptors (Lipinski definition) is 5. The number of nitrogens with one attached hydrogen (secondary N) is 1. The van der Waals surface area contributed by atoms with Crippen LogP contribution in [0.1, 0.15) is 17.4 Å². The highest BCUT2D eigenvalue weighted by Gasteiger charge is 2.48. The second-order valence-corrected chi connectivity index (χ2v) is 8.05. The first kappa shape index (κ1) is 19.5. The highest BCUT2D eigenvalue weighted by Crippen LogP contribution is 2.37. The molecule has 8 heteroatoms. The fraction of sp³-hybridized carbons (Fsp3) is 0.333. The number of thiophene rings is 1. The molecule has 1 N–H and O–H groups in total. The number of anilines is 1. The van der Waals surface area contributed by atoms with Crippen LogP contribution in [0.2, 0.25) is 0 Å². The van der Waals surface area contributed by atoms with Gasteiger partial charge in [0.25, 0.3) is 5.91 Å². The quantitative estimate of drug-likeness (QED) is 0.631. The van der Waals surface area contributed by atoms with E-state index in [1.165, 1.54) is 0 Å². The summed E-state index contributed by atoms with van der Waals surface area (Å²) in [6, 6.07) is 11.1. The Kier molecular flexibility index (Phi) is 5.06. The predicted molar refractivity (Wildman–Crippen MR) is 113 cm³/mol. The molecule has 1 aliphatic rings. The Hall–Kier alpha value is -2.84. The largest absolute Gasteiger partial charge is 0.497 e. The van der Waals surface area contributed by atoms with Gasteiger partial charge in [-0.05, 0) is 48.7 Å². The van der Waals surface area contributed by atoms with E-state index in [1.807, 2.05) is 22.1 Å². The lowest BCUT2D eigenvalue weighted by Gasteiger charge is -2.44. The van der Waals surface area contributed by atoms with Crippen molar-refractivity contribution in [1.82, 2.24) is 9.88 Å². The van der Waals surface area contributed by atoms with Crippen molar-refractivity contribution in [3.05, 3.63) is 47.5 Å². The molecule has 1 atom stereocenters. The minimum absolute atomic E-state index is 0.200. The number of fused-ring (bicyclic) bond motifs is 3. The van der Waals surface area contributed by atoms with Gasteiger partial charge in [0.2, 0.25) is 5.91 Å². The van der Waals surface area contributed by atoms with Gasteiger partial charge in [0, 0.05) is 24.7 Å². The van der Waals surface area contributed by atoms with Crippen molar-refractivity contribution >= 4 is 39.1 Å². The number of rotatable bonds is 6. The smallest absolute Gasteiger partial charge is 0.275 e. The SMILES string of the molecule is COCCNC(=O)C1(C)Cn2c(cc3ccsc32)C(=O)N1c1ccc(OC)cc1. The highest BCUT2D eigenvalue weighted by molar-refractivity contribution is 7.16. The van der Waals surface area contributed by atoms with Crippen LogP contribution >= 0.6 is 11.3 Å². The fourth-order valence-corrected chi connectivity index (χ4v) is 4.69. The van der Waals surface area contributed by atoms with Crippen molar-refractivity contribution in [1.29, 1.82) is 0 Å². The number of carbonyl (C=O) groups is 2. The average molecular weight is 413 g/mol. The molecule has 7 nitrogen and oxygen atoms in total. The van der Waals surface area contributed by atoms with Gasteiger partial charge in [-0.15, -0.1) is 11.3 Å². The van der Waals surface area contributed by atoms with Gasteiger partial charge < -0.3 is 19.4 Å². The maximum Gasteiger partial charge on any atom is 0.275 e. The zero-order chi connectivity index (χ0) is 20.6. The lowest BCUT2D eigenvalue weighted by Crippen LogP contribution is -2.64. The van der Waals surface area contributed by atoms with Crippen molar-refractivity contribution in [2.24, 2.45) is 0 Å². The van der Waals surface area contributed by atoms with Crippen molar-refractivity contribution in [2.75, 3.05) is 32.3 Å². The summed E-state index contributed by atoms with van der Waals surface area (Å²) in [5.74, 6) is 0.269. The minimum Gasteiger partial charge on any atom is -0.497 e. The van der Waals surface area contributed by atoms with Gasteiger partial charge in [-0.2, -0.15) is 0 Å². The molecule has 2 aromatic heterocycles. The maximum absolute atomic E-state index is 13.6. The molecule has 152 valence electrons. The number of ether oxygens (including phenoxy) is 2. The van der Waals surface area contributed by atoms with Gasteiger partial charge in [0.15, 0.2) is 0 Å². The standard InChI is InChI=1S/C21H23N3O4S/c1-21(20(26)22-9-10-27-2)13-23-17(12-14-8-11-29-19(14)23)18(25)24(21)15-4-6-16(28-3)7-5-15/h4-8,11-12H,9-10,13H2,1-3H3,(H,22,26). The van der Waals surface area contributed by atoms with Crippen molar-refractivity contribution < 1.29 is 19.1 Å². The van der Waals surface area contributed by atoms with E-state index < -0.39 is 5.54 Å². The molecular weight excluding hydrogens is 390 g/mol. The molecular formula is C21H23N3O4S. The Bertz CT molecular complexity index is 1060. The van der Waals surface area contributed by atoms with Crippen LogP contribution < -0.4 is 15.0 Å². The van der Waals surface area contributed by atoms with Crippen molar-refractivity contribution in [3.63, 3.8) is 0 Å². The van der Waals surface area contributed by atoms with Gasteiger partial charge >= 0.3 is 0 Å². The summed E-state index contributed by atoms with van der Waals surface area (Å²) in [5.41, 5.74) is 0.142. The van der Waals surface area contributed by atoms with Gasteiger partial charge in [0.05, 0.1) is 20.3 Å². The summed E-state index contributed by atoms with van der Waals surface area (Å²) < 4.78 is 12.2. The summed E-state index contributed by atoms with van der Waals surface area (Å²) in [4.78, 5) is 29.4. The maximum atomic E-state index is 13.6. The summed E-state index contributed by atoms with van der Waals surface area (Å²) in [6.45, 7) is 2.95. The molecule has 4 rings (SSSR count). The number of carbonyl (C=O) groups excluding carboxylic acids is 2. The monoisotopic (exact) mass is 413 g/mol. The van der Waals surface area contributed by atoms with E-state index in [2.05, 4.69) is 5.32 Å². The molecule has 1 unspecified atom stereocenters. The van der Waals surface area contributed by atoms with Gasteiger partial charge in [-0.25, -0.2) is 0 Å². The fourth-order valence-electron chi connectivity index (χ4n) is 3.79. The van der Waals surface area contributed by atoms with E-state index >= 15 is 0 Å². The summed E-state index contributed by atoms with van der Waals surface area (Å²) in [7, 11) is 3.18. The lowest BCUT2D eigenvalue weighted by atomic mass is 9.93. The first-order valence-corrected chi connectivity index (χ1v) is 10.2. The third kappa shape index (κ3) is 3.18. The highest BCUT2D eigenvalue weighted by atomic mass is 32.1. The molecule has 0 fully saturated rings. The first-order valence-electron chi connectivity index (χ1n) is 9.32. The molecule has 0 bridgehead atoms. The Labute approximate surface area is 172 Å². The number of nitrogens with zero attached hydrogens (tertiary/aromatic N) is 2. The Morgan fingerprint density at radius 2 is 2.00 bits per heavy atom. The van der Waals surface area contributed by atoms with E-state index in [-0.39, 0.29) is 11.8 Å². The third-order valence-electron chi connectivity index (χ3n) is 5.30. The van der Waals surface area contributed by atoms with Gasteiger partial charge in [-0.3, -0.25) is 14.5 Å². The normalized spacial score (nSPS) is 18.7. The Balaban J connectivity index is 1.80. The molecule has 1 aliphatic heterocycles. The van der Waals surface area contributed by atoms with E-state index in [9.17, 15) is 9.59 Å². The molecule has 1 aromatic carbocycles.